The quantitative estimate of drug-likeness (QED) is 0.706. The second kappa shape index (κ2) is 8.20. The average molecular weight is 381 g/mol. The normalized spacial score (nSPS) is 19.8. The van der Waals surface area contributed by atoms with E-state index in [0.717, 1.165) is 11.1 Å². The van der Waals surface area contributed by atoms with Crippen LogP contribution in [0.15, 0.2) is 18.2 Å². The molecule has 0 unspecified atom stereocenters. The first-order valence-electron chi connectivity index (χ1n) is 8.90. The first-order chi connectivity index (χ1) is 12.1. The second-order valence-electron chi connectivity index (χ2n) is 7.01. The molecule has 0 bridgehead atoms. The van der Waals surface area contributed by atoms with Gasteiger partial charge in [-0.2, -0.15) is 0 Å². The van der Waals surface area contributed by atoms with Gasteiger partial charge in [-0.3, -0.25) is 4.79 Å². The average Bonchev–Trinajstić information content (AvgIpc) is 2.92. The van der Waals surface area contributed by atoms with Crippen LogP contribution in [0.4, 0.5) is 0 Å². The summed E-state index contributed by atoms with van der Waals surface area (Å²) in [5.74, 6) is -0.813. The van der Waals surface area contributed by atoms with E-state index in [2.05, 4.69) is 0 Å². The van der Waals surface area contributed by atoms with E-state index in [1.165, 1.54) is 0 Å². The predicted octanol–water partition coefficient (Wildman–Crippen LogP) is 2.27. The van der Waals surface area contributed by atoms with Crippen LogP contribution in [0.2, 0.25) is 0 Å². The van der Waals surface area contributed by atoms with Gasteiger partial charge in [0.2, 0.25) is 0 Å². The lowest BCUT2D eigenvalue weighted by Crippen LogP contribution is -2.48. The Balaban J connectivity index is 2.06. The molecule has 1 aromatic rings. The molecule has 1 aliphatic heterocycles. The molecule has 0 aromatic heterocycles. The summed E-state index contributed by atoms with van der Waals surface area (Å²) in [4.78, 5) is 26.5. The fraction of sp³-hybridized carbons (Fsp3) is 0.579. The summed E-state index contributed by atoms with van der Waals surface area (Å²) in [5, 5.41) is 0. The van der Waals surface area contributed by atoms with Crippen LogP contribution in [0.3, 0.4) is 0 Å². The molecule has 26 heavy (non-hydrogen) atoms. The van der Waals surface area contributed by atoms with Gasteiger partial charge in [-0.25, -0.2) is 13.2 Å². The van der Waals surface area contributed by atoms with Gasteiger partial charge in [0.05, 0.1) is 17.1 Å². The van der Waals surface area contributed by atoms with Crippen molar-refractivity contribution < 1.29 is 22.7 Å². The highest BCUT2D eigenvalue weighted by molar-refractivity contribution is 7.91. The Morgan fingerprint density at radius 3 is 2.54 bits per heavy atom. The van der Waals surface area contributed by atoms with Gasteiger partial charge >= 0.3 is 5.97 Å². The molecule has 6 nitrogen and oxygen atoms in total. The third-order valence-electron chi connectivity index (χ3n) is 4.88. The maximum atomic E-state index is 12.7. The van der Waals surface area contributed by atoms with Crippen molar-refractivity contribution in [3.63, 3.8) is 0 Å². The van der Waals surface area contributed by atoms with Gasteiger partial charge in [0, 0.05) is 12.1 Å². The smallest absolute Gasteiger partial charge is 0.338 e. The Morgan fingerprint density at radius 2 is 2.00 bits per heavy atom. The zero-order chi connectivity index (χ0) is 19.5. The molecule has 144 valence electrons. The molecule has 1 aliphatic rings. The summed E-state index contributed by atoms with van der Waals surface area (Å²) in [6.07, 6.45) is 1.14. The minimum atomic E-state index is -3.10. The molecule has 0 N–H and O–H groups in total. The number of nitrogens with zero attached hydrogens (tertiary/aromatic N) is 1. The van der Waals surface area contributed by atoms with E-state index in [9.17, 15) is 18.0 Å². The van der Waals surface area contributed by atoms with Crippen LogP contribution in [0.1, 0.15) is 48.2 Å². The molecular formula is C19H27NO5S. The van der Waals surface area contributed by atoms with E-state index in [1.807, 2.05) is 39.8 Å². The Kier molecular flexibility index (Phi) is 6.44. The molecule has 0 spiro atoms. The summed E-state index contributed by atoms with van der Waals surface area (Å²) in [6.45, 7) is 7.20. The van der Waals surface area contributed by atoms with Crippen LogP contribution in [0.25, 0.3) is 0 Å². The lowest BCUT2D eigenvalue weighted by atomic mass is 10.1. The first-order valence-corrected chi connectivity index (χ1v) is 10.7. The molecule has 1 saturated heterocycles. The number of aryl methyl sites for hydroxylation is 2. The zero-order valence-electron chi connectivity index (χ0n) is 15.8. The highest BCUT2D eigenvalue weighted by atomic mass is 32.2. The van der Waals surface area contributed by atoms with E-state index >= 15 is 0 Å². The van der Waals surface area contributed by atoms with Crippen molar-refractivity contribution in [1.29, 1.82) is 0 Å². The van der Waals surface area contributed by atoms with Crippen molar-refractivity contribution in [1.82, 2.24) is 4.90 Å². The van der Waals surface area contributed by atoms with Gasteiger partial charge in [-0.05, 0) is 45.2 Å². The molecule has 1 fully saturated rings. The van der Waals surface area contributed by atoms with Crippen LogP contribution in [-0.4, -0.2) is 55.4 Å². The van der Waals surface area contributed by atoms with Crippen LogP contribution < -0.4 is 0 Å². The summed E-state index contributed by atoms with van der Waals surface area (Å²) in [6, 6.07) is 4.93. The fourth-order valence-corrected chi connectivity index (χ4v) is 5.03. The maximum absolute atomic E-state index is 12.7. The summed E-state index contributed by atoms with van der Waals surface area (Å²) >= 11 is 0. The minimum Gasteiger partial charge on any atom is -0.452 e. The topological polar surface area (TPSA) is 80.8 Å². The maximum Gasteiger partial charge on any atom is 0.338 e. The highest BCUT2D eigenvalue weighted by Crippen LogP contribution is 2.21. The van der Waals surface area contributed by atoms with Gasteiger partial charge in [0.15, 0.2) is 16.4 Å². The number of carbonyl (C=O) groups is 2. The molecular weight excluding hydrogens is 354 g/mol. The van der Waals surface area contributed by atoms with Gasteiger partial charge in [-0.1, -0.05) is 24.6 Å². The number of sulfone groups is 1. The molecule has 0 radical (unpaired) electrons. The third-order valence-corrected chi connectivity index (χ3v) is 6.63. The Bertz CT molecular complexity index is 787. The number of hydrogen-bond acceptors (Lipinski definition) is 5. The lowest BCUT2D eigenvalue weighted by molar-refractivity contribution is -0.138. The zero-order valence-corrected chi connectivity index (χ0v) is 16.6. The first kappa shape index (κ1) is 20.4. The number of ether oxygens (including phenoxy) is 1. The SMILES string of the molecule is CC[C@@H](C)N(C(=O)COC(=O)c1ccc(C)cc1C)[C@H]1CCS(=O)(=O)C1. The third kappa shape index (κ3) is 4.84. The highest BCUT2D eigenvalue weighted by Gasteiger charge is 2.36. The van der Waals surface area contributed by atoms with Crippen molar-refractivity contribution in [2.45, 2.75) is 52.6 Å². The van der Waals surface area contributed by atoms with E-state index in [0.29, 0.717) is 18.4 Å². The van der Waals surface area contributed by atoms with E-state index in [4.69, 9.17) is 4.74 Å². The number of amides is 1. The Labute approximate surface area is 155 Å². The van der Waals surface area contributed by atoms with Gasteiger partial charge in [-0.15, -0.1) is 0 Å². The summed E-state index contributed by atoms with van der Waals surface area (Å²) < 4.78 is 28.8. The minimum absolute atomic E-state index is 0.0197. The van der Waals surface area contributed by atoms with E-state index < -0.39 is 15.8 Å². The Hall–Kier alpha value is -1.89. The van der Waals surface area contributed by atoms with Crippen LogP contribution in [0, 0.1) is 13.8 Å². The molecule has 7 heteroatoms. The van der Waals surface area contributed by atoms with Gasteiger partial charge in [0.25, 0.3) is 5.91 Å². The lowest BCUT2D eigenvalue weighted by Gasteiger charge is -2.33. The fourth-order valence-electron chi connectivity index (χ4n) is 3.32. The number of hydrogen-bond donors (Lipinski definition) is 0. The summed E-state index contributed by atoms with van der Waals surface area (Å²) in [7, 11) is -3.10. The van der Waals surface area contributed by atoms with E-state index in [1.54, 1.807) is 11.0 Å². The number of esters is 1. The van der Waals surface area contributed by atoms with Gasteiger partial charge in [0.1, 0.15) is 0 Å². The molecule has 2 atom stereocenters. The Morgan fingerprint density at radius 1 is 1.31 bits per heavy atom. The molecule has 1 amide bonds. The predicted molar refractivity (Wildman–Crippen MR) is 99.9 cm³/mol. The van der Waals surface area contributed by atoms with E-state index in [-0.39, 0.29) is 36.1 Å². The largest absolute Gasteiger partial charge is 0.452 e. The molecule has 0 aliphatic carbocycles. The van der Waals surface area contributed by atoms with Crippen LogP contribution in [0.5, 0.6) is 0 Å². The molecule has 1 heterocycles. The van der Waals surface area contributed by atoms with Crippen LogP contribution >= 0.6 is 0 Å². The standard InChI is InChI=1S/C19H27NO5S/c1-5-15(4)20(16-8-9-26(23,24)12-16)18(21)11-25-19(22)17-7-6-13(2)10-14(17)3/h6-7,10,15-16H,5,8-9,11-12H2,1-4H3/t15-,16+/m1/s1. The van der Waals surface area contributed by atoms with Crippen molar-refractivity contribution in [2.24, 2.45) is 0 Å². The van der Waals surface area contributed by atoms with Crippen LogP contribution in [-0.2, 0) is 19.4 Å². The second-order valence-corrected chi connectivity index (χ2v) is 9.24. The van der Waals surface area contributed by atoms with Crippen molar-refractivity contribution in [3.05, 3.63) is 34.9 Å². The summed E-state index contributed by atoms with van der Waals surface area (Å²) in [5.41, 5.74) is 2.27. The van der Waals surface area contributed by atoms with Gasteiger partial charge < -0.3 is 9.64 Å². The molecule has 2 rings (SSSR count). The molecule has 0 saturated carbocycles. The number of rotatable bonds is 6. The monoisotopic (exact) mass is 381 g/mol. The van der Waals surface area contributed by atoms with Crippen molar-refractivity contribution in [2.75, 3.05) is 18.1 Å². The molecule has 1 aromatic carbocycles. The number of carbonyl (C=O) groups excluding carboxylic acids is 2. The van der Waals surface area contributed by atoms with Crippen molar-refractivity contribution >= 4 is 21.7 Å². The number of benzene rings is 1. The van der Waals surface area contributed by atoms with Crippen molar-refractivity contribution in [3.8, 4) is 0 Å².